The zero-order chi connectivity index (χ0) is 17.1. The fourth-order valence-corrected chi connectivity index (χ4v) is 4.67. The Labute approximate surface area is 153 Å². The van der Waals surface area contributed by atoms with Crippen LogP contribution in [0.15, 0.2) is 64.8 Å². The SMILES string of the molecule is O=C1SCCC1NC[n+]1c(/N=N/c2ccccc2)sc2ccccc21. The van der Waals surface area contributed by atoms with E-state index < -0.39 is 0 Å². The van der Waals surface area contributed by atoms with Crippen LogP contribution in [0.4, 0.5) is 10.8 Å². The highest BCUT2D eigenvalue weighted by molar-refractivity contribution is 8.14. The van der Waals surface area contributed by atoms with Gasteiger partial charge < -0.3 is 0 Å². The third kappa shape index (κ3) is 3.63. The van der Waals surface area contributed by atoms with Crippen molar-refractivity contribution in [3.05, 3.63) is 54.6 Å². The second-order valence-electron chi connectivity index (χ2n) is 5.69. The van der Waals surface area contributed by atoms with Crippen molar-refractivity contribution < 1.29 is 9.36 Å². The maximum Gasteiger partial charge on any atom is 0.410 e. The average molecular weight is 369 g/mol. The van der Waals surface area contributed by atoms with Crippen LogP contribution >= 0.6 is 23.1 Å². The summed E-state index contributed by atoms with van der Waals surface area (Å²) in [6.45, 7) is 0.546. The number of carbonyl (C=O) groups is 1. The number of carbonyl (C=O) groups excluding carboxylic acids is 1. The number of thiazole rings is 1. The van der Waals surface area contributed by atoms with Crippen LogP contribution in [0.1, 0.15) is 6.42 Å². The van der Waals surface area contributed by atoms with Gasteiger partial charge >= 0.3 is 5.13 Å². The molecule has 1 aromatic heterocycles. The molecule has 0 amide bonds. The summed E-state index contributed by atoms with van der Waals surface area (Å²) in [6.07, 6.45) is 0.882. The number of para-hydroxylation sites is 1. The van der Waals surface area contributed by atoms with Crippen molar-refractivity contribution in [1.29, 1.82) is 0 Å². The van der Waals surface area contributed by atoms with Crippen LogP contribution < -0.4 is 9.88 Å². The third-order valence-electron chi connectivity index (χ3n) is 4.03. The largest absolute Gasteiger partial charge is 0.410 e. The van der Waals surface area contributed by atoms with Crippen LogP contribution in [0.25, 0.3) is 10.2 Å². The quantitative estimate of drug-likeness (QED) is 0.542. The van der Waals surface area contributed by atoms with Crippen molar-refractivity contribution >= 4 is 49.2 Å². The van der Waals surface area contributed by atoms with Crippen LogP contribution in [0, 0.1) is 0 Å². The van der Waals surface area contributed by atoms with Crippen LogP contribution in [-0.2, 0) is 11.5 Å². The lowest BCUT2D eigenvalue weighted by atomic mass is 10.2. The van der Waals surface area contributed by atoms with Gasteiger partial charge in [0.25, 0.3) is 0 Å². The Morgan fingerprint density at radius 1 is 1.08 bits per heavy atom. The Kier molecular flexibility index (Phi) is 4.87. The van der Waals surface area contributed by atoms with Gasteiger partial charge in [-0.2, -0.15) is 4.57 Å². The molecule has 2 heterocycles. The lowest BCUT2D eigenvalue weighted by Crippen LogP contribution is -2.45. The van der Waals surface area contributed by atoms with Gasteiger partial charge in [0.15, 0.2) is 0 Å². The molecule has 0 saturated carbocycles. The van der Waals surface area contributed by atoms with Crippen molar-refractivity contribution in [2.75, 3.05) is 5.75 Å². The molecule has 1 aliphatic heterocycles. The number of benzene rings is 2. The average Bonchev–Trinajstić information content (AvgIpc) is 3.22. The maximum atomic E-state index is 11.8. The summed E-state index contributed by atoms with van der Waals surface area (Å²) < 4.78 is 3.24. The monoisotopic (exact) mass is 369 g/mol. The minimum atomic E-state index is -0.0740. The number of azo groups is 1. The minimum Gasteiger partial charge on any atom is -0.285 e. The summed E-state index contributed by atoms with van der Waals surface area (Å²) in [6, 6.07) is 17.8. The Bertz CT molecular complexity index is 923. The Hall–Kier alpha value is -2.09. The first kappa shape index (κ1) is 16.4. The summed E-state index contributed by atoms with van der Waals surface area (Å²) in [4.78, 5) is 11.8. The Morgan fingerprint density at radius 3 is 2.68 bits per heavy atom. The van der Waals surface area contributed by atoms with Gasteiger partial charge in [-0.05, 0) is 47.1 Å². The highest BCUT2D eigenvalue weighted by atomic mass is 32.2. The first-order valence-electron chi connectivity index (χ1n) is 8.09. The number of thioether (sulfide) groups is 1. The van der Waals surface area contributed by atoms with E-state index in [0.29, 0.717) is 6.67 Å². The van der Waals surface area contributed by atoms with Crippen LogP contribution in [0.5, 0.6) is 0 Å². The van der Waals surface area contributed by atoms with Crippen molar-refractivity contribution in [3.8, 4) is 0 Å². The van der Waals surface area contributed by atoms with Gasteiger partial charge in [-0.1, -0.05) is 42.1 Å². The molecular formula is C18H17N4OS2+. The van der Waals surface area contributed by atoms with Gasteiger partial charge in [-0.25, -0.2) is 0 Å². The van der Waals surface area contributed by atoms with E-state index in [2.05, 4.69) is 32.2 Å². The standard InChI is InChI=1S/C18H17N4OS2/c23-17-14(10-11-24-17)19-12-22-15-8-4-5-9-16(15)25-18(22)21-20-13-6-2-1-3-7-13/h1-9,14,19H,10-12H2/q+1. The third-order valence-corrected chi connectivity index (χ3v) is 6.09. The number of rotatable bonds is 5. The first-order valence-corrected chi connectivity index (χ1v) is 9.90. The predicted octanol–water partition coefficient (Wildman–Crippen LogP) is 4.18. The van der Waals surface area contributed by atoms with Gasteiger partial charge in [0.05, 0.1) is 15.9 Å². The predicted molar refractivity (Wildman–Crippen MR) is 102 cm³/mol. The van der Waals surface area contributed by atoms with Gasteiger partial charge in [0.2, 0.25) is 5.12 Å². The zero-order valence-electron chi connectivity index (χ0n) is 13.5. The second kappa shape index (κ2) is 7.43. The fourth-order valence-electron chi connectivity index (χ4n) is 2.73. The number of nitrogens with zero attached hydrogens (tertiary/aromatic N) is 3. The van der Waals surface area contributed by atoms with E-state index in [1.54, 1.807) is 11.3 Å². The molecule has 1 atom stereocenters. The Balaban J connectivity index is 1.63. The molecule has 1 N–H and O–H groups in total. The normalized spacial score (nSPS) is 17.8. The van der Waals surface area contributed by atoms with E-state index >= 15 is 0 Å². The lowest BCUT2D eigenvalue weighted by molar-refractivity contribution is -0.660. The highest BCUT2D eigenvalue weighted by Crippen LogP contribution is 2.27. The molecule has 5 nitrogen and oxygen atoms in total. The molecule has 1 aliphatic rings. The molecule has 1 unspecified atom stereocenters. The van der Waals surface area contributed by atoms with Gasteiger partial charge in [-0.15, -0.1) is 0 Å². The lowest BCUT2D eigenvalue weighted by Gasteiger charge is -2.08. The summed E-state index contributed by atoms with van der Waals surface area (Å²) in [5.41, 5.74) is 1.92. The Morgan fingerprint density at radius 2 is 1.88 bits per heavy atom. The van der Waals surface area contributed by atoms with E-state index in [4.69, 9.17) is 0 Å². The summed E-state index contributed by atoms with van der Waals surface area (Å²) in [5.74, 6) is 0.895. The fraction of sp³-hybridized carbons (Fsp3) is 0.222. The minimum absolute atomic E-state index is 0.0740. The summed E-state index contributed by atoms with van der Waals surface area (Å²) >= 11 is 3.01. The molecule has 126 valence electrons. The van der Waals surface area contributed by atoms with Crippen molar-refractivity contribution in [2.45, 2.75) is 19.1 Å². The molecule has 0 radical (unpaired) electrons. The molecule has 1 saturated heterocycles. The van der Waals surface area contributed by atoms with Crippen LogP contribution in [-0.4, -0.2) is 16.9 Å². The molecule has 4 rings (SSSR count). The van der Waals surface area contributed by atoms with E-state index in [-0.39, 0.29) is 11.2 Å². The highest BCUT2D eigenvalue weighted by Gasteiger charge is 2.27. The number of hydrogen-bond donors (Lipinski definition) is 1. The van der Waals surface area contributed by atoms with Crippen molar-refractivity contribution in [1.82, 2.24) is 5.32 Å². The zero-order valence-corrected chi connectivity index (χ0v) is 15.1. The molecule has 3 aromatic rings. The molecule has 1 fully saturated rings. The molecule has 0 aliphatic carbocycles. The molecule has 25 heavy (non-hydrogen) atoms. The van der Waals surface area contributed by atoms with Crippen molar-refractivity contribution in [3.63, 3.8) is 0 Å². The second-order valence-corrected chi connectivity index (χ2v) is 7.80. The van der Waals surface area contributed by atoms with Crippen LogP contribution in [0.2, 0.25) is 0 Å². The number of aromatic nitrogens is 1. The van der Waals surface area contributed by atoms with E-state index in [1.807, 2.05) is 42.5 Å². The summed E-state index contributed by atoms with van der Waals surface area (Å²) in [7, 11) is 0. The molecular weight excluding hydrogens is 352 g/mol. The number of hydrogen-bond acceptors (Lipinski definition) is 6. The molecule has 0 bridgehead atoms. The summed E-state index contributed by atoms with van der Waals surface area (Å²) in [5, 5.41) is 13.2. The molecule has 7 heteroatoms. The van der Waals surface area contributed by atoms with Gasteiger partial charge in [0.1, 0.15) is 17.9 Å². The first-order chi connectivity index (χ1) is 12.3. The topological polar surface area (TPSA) is 57.7 Å². The van der Waals surface area contributed by atoms with Crippen molar-refractivity contribution in [2.24, 2.45) is 10.2 Å². The van der Waals surface area contributed by atoms with Crippen LogP contribution in [0.3, 0.4) is 0 Å². The smallest absolute Gasteiger partial charge is 0.285 e. The van der Waals surface area contributed by atoms with Gasteiger partial charge in [-0.3, -0.25) is 10.1 Å². The van der Waals surface area contributed by atoms with E-state index in [1.165, 1.54) is 11.8 Å². The number of nitrogens with one attached hydrogen (secondary N) is 1. The van der Waals surface area contributed by atoms with E-state index in [9.17, 15) is 4.79 Å². The maximum absolute atomic E-state index is 11.8. The molecule has 2 aromatic carbocycles. The molecule has 0 spiro atoms. The van der Waals surface area contributed by atoms with Gasteiger partial charge in [0, 0.05) is 5.75 Å². The number of fused-ring (bicyclic) bond motifs is 1. The van der Waals surface area contributed by atoms with E-state index in [0.717, 1.165) is 33.2 Å².